The molecular weight excluding hydrogens is 316 g/mol. The second-order valence-electron chi connectivity index (χ2n) is 5.26. The lowest BCUT2D eigenvalue weighted by atomic mass is 9.97. The number of hydrogen-bond donors (Lipinski definition) is 1. The monoisotopic (exact) mass is 334 g/mol. The van der Waals surface area contributed by atoms with Crippen LogP contribution in [0.2, 0.25) is 0 Å². The van der Waals surface area contributed by atoms with Crippen molar-refractivity contribution in [3.8, 4) is 0 Å². The third-order valence-corrected chi connectivity index (χ3v) is 4.40. The summed E-state index contributed by atoms with van der Waals surface area (Å²) in [4.78, 5) is 23.0. The number of piperidine rings is 1. The van der Waals surface area contributed by atoms with Gasteiger partial charge in [0, 0.05) is 32.6 Å². The predicted octanol–water partition coefficient (Wildman–Crippen LogP) is 1.33. The van der Waals surface area contributed by atoms with Crippen molar-refractivity contribution in [2.75, 3.05) is 30.4 Å². The van der Waals surface area contributed by atoms with E-state index in [9.17, 15) is 4.79 Å². The molecule has 2 aromatic rings. The Kier molecular flexibility index (Phi) is 5.09. The molecule has 23 heavy (non-hydrogen) atoms. The molecule has 1 N–H and O–H groups in total. The van der Waals surface area contributed by atoms with Crippen LogP contribution in [0.3, 0.4) is 0 Å². The van der Waals surface area contributed by atoms with E-state index in [1.54, 1.807) is 25.6 Å². The largest absolute Gasteiger partial charge is 0.377 e. The van der Waals surface area contributed by atoms with Gasteiger partial charge < -0.3 is 15.0 Å². The maximum absolute atomic E-state index is 12.4. The molecule has 1 aliphatic rings. The number of nitrogens with one attached hydrogen (secondary N) is 1. The van der Waals surface area contributed by atoms with Crippen LogP contribution in [0.4, 0.5) is 11.1 Å². The van der Waals surface area contributed by atoms with Crippen molar-refractivity contribution >= 4 is 28.3 Å². The first kappa shape index (κ1) is 15.8. The second kappa shape index (κ2) is 7.42. The fourth-order valence-electron chi connectivity index (χ4n) is 2.52. The Balaban J connectivity index is 1.60. The lowest BCUT2D eigenvalue weighted by Gasteiger charge is -2.31. The van der Waals surface area contributed by atoms with Crippen LogP contribution in [-0.2, 0) is 16.1 Å². The Morgan fingerprint density at radius 1 is 1.43 bits per heavy atom. The van der Waals surface area contributed by atoms with Crippen molar-refractivity contribution < 1.29 is 9.53 Å². The third-order valence-electron chi connectivity index (χ3n) is 3.59. The first-order valence-corrected chi connectivity index (χ1v) is 8.22. The Labute approximate surface area is 137 Å². The van der Waals surface area contributed by atoms with Crippen molar-refractivity contribution in [3.63, 3.8) is 0 Å². The topological polar surface area (TPSA) is 93.1 Å². The van der Waals surface area contributed by atoms with E-state index in [1.807, 2.05) is 4.90 Å². The zero-order chi connectivity index (χ0) is 16.1. The average Bonchev–Trinajstić information content (AvgIpc) is 3.03. The van der Waals surface area contributed by atoms with Crippen LogP contribution in [0.25, 0.3) is 0 Å². The highest BCUT2D eigenvalue weighted by Gasteiger charge is 2.27. The van der Waals surface area contributed by atoms with Crippen molar-refractivity contribution in [3.05, 3.63) is 23.5 Å². The summed E-state index contributed by atoms with van der Waals surface area (Å²) in [5.74, 6) is 0.524. The van der Waals surface area contributed by atoms with Gasteiger partial charge in [-0.15, -0.1) is 10.2 Å². The second-order valence-corrected chi connectivity index (χ2v) is 6.32. The van der Waals surface area contributed by atoms with Gasteiger partial charge in [0.2, 0.25) is 17.0 Å². The number of methoxy groups -OCH3 is 1. The van der Waals surface area contributed by atoms with Crippen LogP contribution in [-0.4, -0.2) is 46.3 Å². The number of ether oxygens (including phenoxy) is 1. The molecule has 0 bridgehead atoms. The van der Waals surface area contributed by atoms with Gasteiger partial charge in [0.25, 0.3) is 0 Å². The van der Waals surface area contributed by atoms with Crippen LogP contribution < -0.4 is 10.2 Å². The quantitative estimate of drug-likeness (QED) is 0.881. The number of hydrogen-bond acceptors (Lipinski definition) is 8. The van der Waals surface area contributed by atoms with Gasteiger partial charge in [-0.25, -0.2) is 9.97 Å². The minimum absolute atomic E-state index is 0.0363. The molecule has 3 rings (SSSR count). The van der Waals surface area contributed by atoms with Gasteiger partial charge in [-0.3, -0.25) is 4.79 Å². The number of aromatic nitrogens is 4. The molecule has 1 fully saturated rings. The highest BCUT2D eigenvalue weighted by Crippen LogP contribution is 2.22. The summed E-state index contributed by atoms with van der Waals surface area (Å²) in [7, 11) is 1.60. The van der Waals surface area contributed by atoms with Crippen molar-refractivity contribution in [1.29, 1.82) is 0 Å². The summed E-state index contributed by atoms with van der Waals surface area (Å²) >= 11 is 1.33. The van der Waals surface area contributed by atoms with Gasteiger partial charge >= 0.3 is 0 Å². The molecule has 8 nitrogen and oxygen atoms in total. The average molecular weight is 334 g/mol. The van der Waals surface area contributed by atoms with Crippen molar-refractivity contribution in [2.45, 2.75) is 19.4 Å². The Morgan fingerprint density at radius 2 is 2.26 bits per heavy atom. The van der Waals surface area contributed by atoms with E-state index in [2.05, 4.69) is 25.5 Å². The van der Waals surface area contributed by atoms with Crippen LogP contribution >= 0.6 is 11.3 Å². The molecule has 122 valence electrons. The van der Waals surface area contributed by atoms with Crippen LogP contribution in [0.1, 0.15) is 17.8 Å². The molecule has 3 heterocycles. The van der Waals surface area contributed by atoms with Crippen LogP contribution in [0.5, 0.6) is 0 Å². The molecule has 0 aromatic carbocycles. The summed E-state index contributed by atoms with van der Waals surface area (Å²) in [6, 6.07) is 1.78. The van der Waals surface area contributed by atoms with E-state index in [0.29, 0.717) is 24.2 Å². The number of anilines is 2. The molecule has 1 saturated heterocycles. The van der Waals surface area contributed by atoms with Gasteiger partial charge in [0.1, 0.15) is 11.6 Å². The molecule has 0 spiro atoms. The Bertz CT molecular complexity index is 650. The molecule has 9 heteroatoms. The molecule has 0 saturated carbocycles. The van der Waals surface area contributed by atoms with Gasteiger partial charge in [-0.1, -0.05) is 11.3 Å². The first-order valence-electron chi connectivity index (χ1n) is 7.40. The summed E-state index contributed by atoms with van der Waals surface area (Å²) in [6.45, 7) is 1.88. The summed E-state index contributed by atoms with van der Waals surface area (Å²) in [6.07, 6.45) is 5.20. The number of carbonyl (C=O) groups excluding carboxylic acids is 1. The Hall–Kier alpha value is -2.13. The normalized spacial score (nSPS) is 18.0. The fraction of sp³-hybridized carbons (Fsp3) is 0.500. The van der Waals surface area contributed by atoms with Gasteiger partial charge in [-0.05, 0) is 18.9 Å². The lowest BCUT2D eigenvalue weighted by molar-refractivity contribution is -0.120. The highest BCUT2D eigenvalue weighted by atomic mass is 32.1. The molecule has 0 radical (unpaired) electrons. The maximum atomic E-state index is 12.4. The van der Waals surface area contributed by atoms with E-state index in [4.69, 9.17) is 4.74 Å². The summed E-state index contributed by atoms with van der Waals surface area (Å²) < 4.78 is 5.00. The maximum Gasteiger partial charge on any atom is 0.231 e. The first-order chi connectivity index (χ1) is 11.3. The lowest BCUT2D eigenvalue weighted by Crippen LogP contribution is -2.41. The molecule has 1 atom stereocenters. The van der Waals surface area contributed by atoms with Gasteiger partial charge in [0.15, 0.2) is 0 Å². The van der Waals surface area contributed by atoms with Crippen LogP contribution in [0.15, 0.2) is 18.5 Å². The molecule has 1 aliphatic heterocycles. The van der Waals surface area contributed by atoms with E-state index in [1.165, 1.54) is 11.3 Å². The molecule has 1 amide bonds. The van der Waals surface area contributed by atoms with Crippen molar-refractivity contribution in [2.24, 2.45) is 5.92 Å². The van der Waals surface area contributed by atoms with Gasteiger partial charge in [-0.2, -0.15) is 0 Å². The molecule has 2 aromatic heterocycles. The van der Waals surface area contributed by atoms with E-state index in [0.717, 1.165) is 24.4 Å². The highest BCUT2D eigenvalue weighted by molar-refractivity contribution is 7.15. The fourth-order valence-corrected chi connectivity index (χ4v) is 3.24. The van der Waals surface area contributed by atoms with E-state index >= 15 is 0 Å². The third kappa shape index (κ3) is 3.99. The Morgan fingerprint density at radius 3 is 3.04 bits per heavy atom. The zero-order valence-corrected chi connectivity index (χ0v) is 13.6. The van der Waals surface area contributed by atoms with E-state index < -0.39 is 0 Å². The number of amides is 1. The van der Waals surface area contributed by atoms with Crippen LogP contribution in [0, 0.1) is 5.92 Å². The number of rotatable bonds is 5. The molecule has 0 aliphatic carbocycles. The summed E-state index contributed by atoms with van der Waals surface area (Å²) in [5.41, 5.74) is 0. The predicted molar refractivity (Wildman–Crippen MR) is 86.2 cm³/mol. The standard InChI is InChI=1S/C14H18N6O2S/c1-22-9-11-18-19-14(23-11)17-12(21)10-4-2-7-20(8-10)13-15-5-3-6-16-13/h3,5-6,10H,2,4,7-9H2,1H3,(H,17,19,21)/t10-/m0/s1. The zero-order valence-electron chi connectivity index (χ0n) is 12.8. The molecular formula is C14H18N6O2S. The minimum atomic E-state index is -0.109. The summed E-state index contributed by atoms with van der Waals surface area (Å²) in [5, 5.41) is 12.0. The smallest absolute Gasteiger partial charge is 0.231 e. The van der Waals surface area contributed by atoms with Crippen molar-refractivity contribution in [1.82, 2.24) is 20.2 Å². The number of carbonyl (C=O) groups is 1. The minimum Gasteiger partial charge on any atom is -0.377 e. The SMILES string of the molecule is COCc1nnc(NC(=O)[C@H]2CCCN(c3ncccn3)C2)s1. The number of nitrogens with zero attached hydrogens (tertiary/aromatic N) is 5. The van der Waals surface area contributed by atoms with E-state index in [-0.39, 0.29) is 11.8 Å². The molecule has 0 unspecified atom stereocenters. The van der Waals surface area contributed by atoms with Gasteiger partial charge in [0.05, 0.1) is 5.92 Å².